The number of hydrogen-bond donors (Lipinski definition) is 6. The average Bonchev–Trinajstić information content (AvgIpc) is 2.12. The van der Waals surface area contributed by atoms with Crippen molar-refractivity contribution in [3.63, 3.8) is 0 Å². The molecule has 80 valence electrons. The number of rotatable bonds is 5. The van der Waals surface area contributed by atoms with Crippen molar-refractivity contribution in [1.29, 1.82) is 0 Å². The predicted octanol–water partition coefficient (Wildman–Crippen LogP) is -6.41. The normalized spacial score (nSPS) is 18.9. The monoisotopic (exact) mass is 219 g/mol. The number of carbonyl (C=O) groups is 1. The summed E-state index contributed by atoms with van der Waals surface area (Å²) < 4.78 is 0. The maximum absolute atomic E-state index is 10.1. The molecular weight excluding hydrogens is 205 g/mol. The fourth-order valence-corrected chi connectivity index (χ4v) is 0.700. The molecule has 0 aliphatic heterocycles. The van der Waals surface area contributed by atoms with Gasteiger partial charge in [-0.1, -0.05) is 0 Å². The standard InChI is InChI=1S/C6H13NO6.Na.H/c7-1-2(8)3(9)4(10)5(11)6(12)13;;/h2-5,8-11H,1,7H2,(H,12,13);;/q;+1;-1/t2-,3-,4+,5-;;/m1../s1. The van der Waals surface area contributed by atoms with Gasteiger partial charge in [0.05, 0.1) is 6.10 Å². The van der Waals surface area contributed by atoms with Gasteiger partial charge < -0.3 is 32.7 Å². The van der Waals surface area contributed by atoms with Crippen LogP contribution in [0.5, 0.6) is 0 Å². The Labute approximate surface area is 104 Å². The van der Waals surface area contributed by atoms with Crippen LogP contribution in [-0.4, -0.2) is 62.5 Å². The molecular formula is C6H14NNaO6. The first-order chi connectivity index (χ1) is 5.91. The van der Waals surface area contributed by atoms with Crippen LogP contribution in [0.4, 0.5) is 0 Å². The third-order valence-corrected chi connectivity index (χ3v) is 1.56. The fraction of sp³-hybridized carbons (Fsp3) is 0.833. The predicted molar refractivity (Wildman–Crippen MR) is 41.8 cm³/mol. The Hall–Kier alpha value is 0.270. The molecule has 14 heavy (non-hydrogen) atoms. The molecule has 0 amide bonds. The summed E-state index contributed by atoms with van der Waals surface area (Å²) in [7, 11) is 0. The summed E-state index contributed by atoms with van der Waals surface area (Å²) in [4.78, 5) is 10.1. The molecule has 7 nitrogen and oxygen atoms in total. The minimum Gasteiger partial charge on any atom is -1.00 e. The minimum atomic E-state index is -2.14. The number of carboxylic acid groups (broad SMARTS) is 1. The molecule has 4 atom stereocenters. The maximum Gasteiger partial charge on any atom is 1.00 e. The van der Waals surface area contributed by atoms with E-state index in [0.29, 0.717) is 0 Å². The van der Waals surface area contributed by atoms with Crippen molar-refractivity contribution in [2.45, 2.75) is 24.4 Å². The smallest absolute Gasteiger partial charge is 1.00 e. The van der Waals surface area contributed by atoms with Gasteiger partial charge in [0.25, 0.3) is 0 Å². The van der Waals surface area contributed by atoms with Crippen LogP contribution in [-0.2, 0) is 4.79 Å². The second-order valence-corrected chi connectivity index (χ2v) is 2.57. The summed E-state index contributed by atoms with van der Waals surface area (Å²) in [6.45, 7) is -0.343. The molecule has 0 saturated heterocycles. The van der Waals surface area contributed by atoms with Crippen LogP contribution in [0.15, 0.2) is 0 Å². The van der Waals surface area contributed by atoms with Gasteiger partial charge in [0.2, 0.25) is 0 Å². The van der Waals surface area contributed by atoms with E-state index >= 15 is 0 Å². The summed E-state index contributed by atoms with van der Waals surface area (Å²) in [6.07, 6.45) is -7.35. The van der Waals surface area contributed by atoms with Crippen LogP contribution in [0.1, 0.15) is 1.43 Å². The number of aliphatic carboxylic acids is 1. The fourth-order valence-electron chi connectivity index (χ4n) is 0.700. The first kappa shape index (κ1) is 16.7. The summed E-state index contributed by atoms with van der Waals surface area (Å²) in [5.74, 6) is -1.68. The Bertz CT molecular complexity index is 185. The molecule has 7 N–H and O–H groups in total. The molecule has 0 fully saturated rings. The van der Waals surface area contributed by atoms with E-state index in [0.717, 1.165) is 0 Å². The molecule has 0 rings (SSSR count). The molecule has 0 bridgehead atoms. The summed E-state index contributed by atoms with van der Waals surface area (Å²) >= 11 is 0. The molecule has 0 aromatic carbocycles. The third kappa shape index (κ3) is 4.67. The number of aliphatic hydroxyl groups is 4. The molecule has 0 spiro atoms. The molecule has 0 heterocycles. The van der Waals surface area contributed by atoms with Crippen LogP contribution in [0, 0.1) is 0 Å². The molecule has 0 aromatic heterocycles. The van der Waals surface area contributed by atoms with Crippen molar-refractivity contribution in [3.8, 4) is 0 Å². The number of carboxylic acids is 1. The van der Waals surface area contributed by atoms with Crippen LogP contribution < -0.4 is 35.3 Å². The number of hydrogen-bond acceptors (Lipinski definition) is 6. The SMILES string of the molecule is NC[C@@H](O)[C@@H](O)[C@H](O)[C@@H](O)C(=O)O.[H-].[Na+]. The molecule has 0 radical (unpaired) electrons. The molecule has 0 aliphatic carbocycles. The Morgan fingerprint density at radius 2 is 1.64 bits per heavy atom. The van der Waals surface area contributed by atoms with Crippen LogP contribution in [0.2, 0.25) is 0 Å². The van der Waals surface area contributed by atoms with Gasteiger partial charge in [-0.25, -0.2) is 4.79 Å². The summed E-state index contributed by atoms with van der Waals surface area (Å²) in [5.41, 5.74) is 4.94. The zero-order valence-corrected chi connectivity index (χ0v) is 9.74. The van der Waals surface area contributed by atoms with E-state index in [1.54, 1.807) is 0 Å². The zero-order chi connectivity index (χ0) is 10.6. The topological polar surface area (TPSA) is 144 Å². The Morgan fingerprint density at radius 1 is 1.21 bits per heavy atom. The first-order valence-electron chi connectivity index (χ1n) is 3.57. The van der Waals surface area contributed by atoms with E-state index in [1.807, 2.05) is 0 Å². The van der Waals surface area contributed by atoms with Gasteiger partial charge in [0, 0.05) is 6.54 Å². The second kappa shape index (κ2) is 7.55. The zero-order valence-electron chi connectivity index (χ0n) is 8.74. The molecule has 0 aliphatic rings. The van der Waals surface area contributed by atoms with E-state index < -0.39 is 30.4 Å². The minimum absolute atomic E-state index is 0. The Kier molecular flexibility index (Phi) is 9.00. The molecule has 0 aromatic rings. The van der Waals surface area contributed by atoms with Crippen molar-refractivity contribution < 1.29 is 61.3 Å². The first-order valence-corrected chi connectivity index (χ1v) is 3.57. The Morgan fingerprint density at radius 3 is 1.93 bits per heavy atom. The van der Waals surface area contributed by atoms with Crippen LogP contribution in [0.25, 0.3) is 0 Å². The van der Waals surface area contributed by atoms with Crippen molar-refractivity contribution in [3.05, 3.63) is 0 Å². The van der Waals surface area contributed by atoms with E-state index in [4.69, 9.17) is 31.3 Å². The van der Waals surface area contributed by atoms with E-state index in [-0.39, 0.29) is 37.5 Å². The summed E-state index contributed by atoms with van der Waals surface area (Å²) in [5, 5.41) is 43.8. The summed E-state index contributed by atoms with van der Waals surface area (Å²) in [6, 6.07) is 0. The van der Waals surface area contributed by atoms with Crippen molar-refractivity contribution in [1.82, 2.24) is 0 Å². The van der Waals surface area contributed by atoms with Crippen molar-refractivity contribution in [2.75, 3.05) is 6.54 Å². The van der Waals surface area contributed by atoms with Gasteiger partial charge in [0.1, 0.15) is 12.2 Å². The van der Waals surface area contributed by atoms with Crippen molar-refractivity contribution in [2.24, 2.45) is 5.73 Å². The van der Waals surface area contributed by atoms with Gasteiger partial charge in [-0.2, -0.15) is 0 Å². The molecule has 0 unspecified atom stereocenters. The van der Waals surface area contributed by atoms with Crippen molar-refractivity contribution >= 4 is 5.97 Å². The largest absolute Gasteiger partial charge is 1.00 e. The number of nitrogens with two attached hydrogens (primary N) is 1. The molecule has 0 saturated carbocycles. The van der Waals surface area contributed by atoms with Gasteiger partial charge >= 0.3 is 35.5 Å². The maximum atomic E-state index is 10.1. The van der Waals surface area contributed by atoms with Crippen LogP contribution in [0.3, 0.4) is 0 Å². The number of aliphatic hydroxyl groups excluding tert-OH is 4. The van der Waals surface area contributed by atoms with E-state index in [1.165, 1.54) is 0 Å². The van der Waals surface area contributed by atoms with E-state index in [2.05, 4.69) is 0 Å². The van der Waals surface area contributed by atoms with Gasteiger partial charge in [-0.15, -0.1) is 0 Å². The third-order valence-electron chi connectivity index (χ3n) is 1.56. The van der Waals surface area contributed by atoms with Gasteiger partial charge in [-0.05, 0) is 0 Å². The van der Waals surface area contributed by atoms with Crippen LogP contribution >= 0.6 is 0 Å². The average molecular weight is 219 g/mol. The molecule has 8 heteroatoms. The Balaban J connectivity index is -0.000000720. The quantitative estimate of drug-likeness (QED) is 0.252. The van der Waals surface area contributed by atoms with Gasteiger partial charge in [-0.3, -0.25) is 0 Å². The van der Waals surface area contributed by atoms with Gasteiger partial charge in [0.15, 0.2) is 6.10 Å². The van der Waals surface area contributed by atoms with E-state index in [9.17, 15) is 4.79 Å². The second-order valence-electron chi connectivity index (χ2n) is 2.57.